The van der Waals surface area contributed by atoms with Crippen LogP contribution in [0, 0.1) is 0 Å². The average molecular weight is 414 g/mol. The first kappa shape index (κ1) is 18.0. The molecule has 5 aromatic rings. The maximum Gasteiger partial charge on any atom is 0.284 e. The Balaban J connectivity index is 1.24. The molecule has 0 saturated carbocycles. The van der Waals surface area contributed by atoms with E-state index in [1.165, 1.54) is 11.3 Å². The number of carbonyl (C=O) groups excluding carboxylic acids is 1. The summed E-state index contributed by atoms with van der Waals surface area (Å²) < 4.78 is 8.30. The van der Waals surface area contributed by atoms with Crippen LogP contribution in [0.15, 0.2) is 79.1 Å². The van der Waals surface area contributed by atoms with Gasteiger partial charge in [0.1, 0.15) is 5.75 Å². The van der Waals surface area contributed by atoms with Crippen molar-refractivity contribution in [2.75, 3.05) is 5.32 Å². The van der Waals surface area contributed by atoms with E-state index in [1.807, 2.05) is 30.3 Å². The number of benzene rings is 2. The van der Waals surface area contributed by atoms with E-state index >= 15 is 0 Å². The molecule has 3 aromatic heterocycles. The van der Waals surface area contributed by atoms with Crippen LogP contribution in [0.3, 0.4) is 0 Å². The van der Waals surface area contributed by atoms with Gasteiger partial charge in [0.15, 0.2) is 10.8 Å². The number of amides is 1. The molecule has 0 bridgehead atoms. The van der Waals surface area contributed by atoms with Crippen molar-refractivity contribution in [2.24, 2.45) is 0 Å². The Morgan fingerprint density at radius 3 is 2.57 bits per heavy atom. The minimum atomic E-state index is -0.245. The van der Waals surface area contributed by atoms with Crippen LogP contribution in [0.2, 0.25) is 0 Å². The number of thiazole rings is 1. The van der Waals surface area contributed by atoms with E-state index in [0.717, 1.165) is 10.2 Å². The van der Waals surface area contributed by atoms with E-state index in [4.69, 9.17) is 4.74 Å². The lowest BCUT2D eigenvalue weighted by atomic mass is 10.3. The summed E-state index contributed by atoms with van der Waals surface area (Å²) in [6, 6.07) is 20.0. The number of rotatable bonds is 5. The quantitative estimate of drug-likeness (QED) is 0.460. The Morgan fingerprint density at radius 2 is 1.83 bits per heavy atom. The molecular formula is C21H14N6O2S. The smallest absolute Gasteiger partial charge is 0.284 e. The van der Waals surface area contributed by atoms with Gasteiger partial charge in [0.25, 0.3) is 5.91 Å². The summed E-state index contributed by atoms with van der Waals surface area (Å²) in [5.41, 5.74) is 1.46. The third-order valence-corrected chi connectivity index (χ3v) is 5.22. The molecule has 0 saturated heterocycles. The molecule has 0 radical (unpaired) electrons. The number of aromatic nitrogens is 5. The zero-order valence-corrected chi connectivity index (χ0v) is 16.3. The molecule has 0 atom stereocenters. The molecule has 30 heavy (non-hydrogen) atoms. The van der Waals surface area contributed by atoms with E-state index < -0.39 is 0 Å². The van der Waals surface area contributed by atoms with E-state index in [2.05, 4.69) is 25.6 Å². The summed E-state index contributed by atoms with van der Waals surface area (Å²) in [4.78, 5) is 16.8. The number of hydrogen-bond donors (Lipinski definition) is 1. The Morgan fingerprint density at radius 1 is 0.967 bits per heavy atom. The van der Waals surface area contributed by atoms with Gasteiger partial charge in [0, 0.05) is 24.1 Å². The Hall–Kier alpha value is -4.11. The molecule has 0 aliphatic rings. The second-order valence-corrected chi connectivity index (χ2v) is 7.28. The first-order chi connectivity index (χ1) is 14.7. The molecule has 2 aromatic carbocycles. The molecule has 5 rings (SSSR count). The number of para-hydroxylation sites is 1. The van der Waals surface area contributed by atoms with E-state index in [-0.39, 0.29) is 5.91 Å². The van der Waals surface area contributed by atoms with Crippen molar-refractivity contribution in [3.63, 3.8) is 0 Å². The molecule has 0 aliphatic carbocycles. The highest BCUT2D eigenvalue weighted by Crippen LogP contribution is 2.24. The molecule has 9 heteroatoms. The van der Waals surface area contributed by atoms with Crippen LogP contribution in [0.5, 0.6) is 11.6 Å². The first-order valence-corrected chi connectivity index (χ1v) is 9.85. The van der Waals surface area contributed by atoms with Gasteiger partial charge in [-0.3, -0.25) is 4.79 Å². The van der Waals surface area contributed by atoms with Gasteiger partial charge in [-0.2, -0.15) is 5.10 Å². The van der Waals surface area contributed by atoms with E-state index in [1.54, 1.807) is 53.5 Å². The maximum atomic E-state index is 12.5. The van der Waals surface area contributed by atoms with Gasteiger partial charge in [0.05, 0.1) is 10.2 Å². The zero-order valence-electron chi connectivity index (χ0n) is 15.5. The molecule has 0 spiro atoms. The highest BCUT2D eigenvalue weighted by atomic mass is 32.1. The summed E-state index contributed by atoms with van der Waals surface area (Å²) in [6.45, 7) is 0. The van der Waals surface area contributed by atoms with Gasteiger partial charge >= 0.3 is 0 Å². The molecule has 0 unspecified atom stereocenters. The summed E-state index contributed by atoms with van der Waals surface area (Å²) >= 11 is 1.36. The fraction of sp³-hybridized carbons (Fsp3) is 0. The molecule has 8 nitrogen and oxygen atoms in total. The third kappa shape index (κ3) is 3.74. The highest BCUT2D eigenvalue weighted by molar-refractivity contribution is 7.20. The molecule has 0 fully saturated rings. The lowest BCUT2D eigenvalue weighted by molar-refractivity contribution is 0.102. The van der Waals surface area contributed by atoms with E-state index in [0.29, 0.717) is 28.1 Å². The normalized spacial score (nSPS) is 10.8. The predicted molar refractivity (Wildman–Crippen MR) is 113 cm³/mol. The highest BCUT2D eigenvalue weighted by Gasteiger charge is 2.12. The Kier molecular flexibility index (Phi) is 4.62. The summed E-state index contributed by atoms with van der Waals surface area (Å²) in [6.07, 6.45) is 3.45. The molecule has 1 amide bonds. The standard InChI is InChI=1S/C21H14N6O2S/c28-20(21-24-16-4-1-2-5-17(16)30-21)23-14-6-8-15(9-7-14)29-19-11-10-18(25-26-19)27-13-3-12-22-27/h1-13H,(H,23,28). The van der Waals surface area contributed by atoms with Gasteiger partial charge in [-0.1, -0.05) is 12.1 Å². The van der Waals surface area contributed by atoms with Crippen LogP contribution in [0.25, 0.3) is 16.0 Å². The lowest BCUT2D eigenvalue weighted by Crippen LogP contribution is -2.11. The van der Waals surface area contributed by atoms with Crippen molar-refractivity contribution in [2.45, 2.75) is 0 Å². The van der Waals surface area contributed by atoms with Crippen molar-refractivity contribution in [3.8, 4) is 17.4 Å². The molecule has 146 valence electrons. The van der Waals surface area contributed by atoms with Gasteiger partial charge in [-0.05, 0) is 48.5 Å². The fourth-order valence-corrected chi connectivity index (χ4v) is 3.64. The number of nitrogens with zero attached hydrogens (tertiary/aromatic N) is 5. The van der Waals surface area contributed by atoms with E-state index in [9.17, 15) is 4.79 Å². The number of hydrogen-bond acceptors (Lipinski definition) is 7. The second-order valence-electron chi connectivity index (χ2n) is 6.25. The zero-order chi connectivity index (χ0) is 20.3. The number of fused-ring (bicyclic) bond motifs is 1. The van der Waals surface area contributed by atoms with Crippen LogP contribution in [0.1, 0.15) is 9.80 Å². The second kappa shape index (κ2) is 7.72. The maximum absolute atomic E-state index is 12.5. The molecule has 0 aliphatic heterocycles. The van der Waals surface area contributed by atoms with Crippen LogP contribution >= 0.6 is 11.3 Å². The number of nitrogens with one attached hydrogen (secondary N) is 1. The van der Waals surface area contributed by atoms with Crippen molar-refractivity contribution in [1.29, 1.82) is 0 Å². The monoisotopic (exact) mass is 414 g/mol. The third-order valence-electron chi connectivity index (χ3n) is 4.19. The molecule has 1 N–H and O–H groups in total. The summed E-state index contributed by atoms with van der Waals surface area (Å²) in [5, 5.41) is 15.5. The minimum absolute atomic E-state index is 0.245. The van der Waals surface area contributed by atoms with Gasteiger partial charge in [0.2, 0.25) is 5.88 Å². The van der Waals surface area contributed by atoms with Crippen LogP contribution in [-0.4, -0.2) is 30.9 Å². The van der Waals surface area contributed by atoms with Gasteiger partial charge < -0.3 is 10.1 Å². The lowest BCUT2D eigenvalue weighted by Gasteiger charge is -2.07. The van der Waals surface area contributed by atoms with Crippen LogP contribution in [-0.2, 0) is 0 Å². The number of anilines is 1. The topological polar surface area (TPSA) is 94.8 Å². The Bertz CT molecular complexity index is 1260. The summed E-state index contributed by atoms with van der Waals surface area (Å²) in [7, 11) is 0. The number of ether oxygens (including phenoxy) is 1. The first-order valence-electron chi connectivity index (χ1n) is 9.03. The summed E-state index contributed by atoms with van der Waals surface area (Å²) in [5.74, 6) is 1.29. The predicted octanol–water partition coefficient (Wildman–Crippen LogP) is 4.32. The van der Waals surface area contributed by atoms with Crippen LogP contribution < -0.4 is 10.1 Å². The van der Waals surface area contributed by atoms with Gasteiger partial charge in [-0.25, -0.2) is 9.67 Å². The number of carbonyl (C=O) groups is 1. The largest absolute Gasteiger partial charge is 0.438 e. The minimum Gasteiger partial charge on any atom is -0.438 e. The molecular weight excluding hydrogens is 400 g/mol. The van der Waals surface area contributed by atoms with Crippen molar-refractivity contribution in [1.82, 2.24) is 25.0 Å². The average Bonchev–Trinajstić information content (AvgIpc) is 3.46. The Labute approximate surface area is 174 Å². The van der Waals surface area contributed by atoms with Crippen molar-refractivity contribution in [3.05, 3.63) is 84.1 Å². The van der Waals surface area contributed by atoms with Crippen molar-refractivity contribution < 1.29 is 9.53 Å². The fourth-order valence-electron chi connectivity index (χ4n) is 2.77. The van der Waals surface area contributed by atoms with Crippen molar-refractivity contribution >= 4 is 33.1 Å². The van der Waals surface area contributed by atoms with Crippen LogP contribution in [0.4, 0.5) is 5.69 Å². The SMILES string of the molecule is O=C(Nc1ccc(Oc2ccc(-n3cccn3)nn2)cc1)c1nc2ccccc2s1. The van der Waals surface area contributed by atoms with Gasteiger partial charge in [-0.15, -0.1) is 21.5 Å². The molecule has 3 heterocycles.